The average Bonchev–Trinajstić information content (AvgIpc) is 2.85. The van der Waals surface area contributed by atoms with E-state index < -0.39 is 0 Å². The number of alkyl halides is 1. The summed E-state index contributed by atoms with van der Waals surface area (Å²) in [5.41, 5.74) is 4.94. The third-order valence-electron chi connectivity index (χ3n) is 4.65. The Morgan fingerprint density at radius 2 is 1.58 bits per heavy atom. The van der Waals surface area contributed by atoms with Crippen molar-refractivity contribution >= 4 is 34.7 Å². The summed E-state index contributed by atoms with van der Waals surface area (Å²) in [5.74, 6) is 0.638. The second kappa shape index (κ2) is 7.18. The van der Waals surface area contributed by atoms with E-state index >= 15 is 0 Å². The molecule has 24 heavy (non-hydrogen) atoms. The number of nitrogens with zero attached hydrogens (tertiary/aromatic N) is 3. The van der Waals surface area contributed by atoms with Gasteiger partial charge in [-0.05, 0) is 35.9 Å². The number of hydrogen-bond acceptors (Lipinski definition) is 3. The lowest BCUT2D eigenvalue weighted by Crippen LogP contribution is -2.37. The molecule has 0 bridgehead atoms. The van der Waals surface area contributed by atoms with E-state index in [-0.39, 0.29) is 6.17 Å². The van der Waals surface area contributed by atoms with Crippen LogP contribution in [0.5, 0.6) is 0 Å². The van der Waals surface area contributed by atoms with Crippen LogP contribution in [-0.4, -0.2) is 39.7 Å². The molecule has 0 unspecified atom stereocenters. The molecule has 0 N–H and O–H groups in total. The van der Waals surface area contributed by atoms with Gasteiger partial charge in [0.05, 0.1) is 11.4 Å². The van der Waals surface area contributed by atoms with Gasteiger partial charge < -0.3 is 14.7 Å². The molecule has 0 spiro atoms. The topological polar surface area (TPSA) is 9.72 Å². The number of likely N-dealkylation sites (N-methyl/N-ethyl adjacent to an activating group) is 2. The highest BCUT2D eigenvalue weighted by atomic mass is 35.5. The standard InChI is InChI=1S/C20H24ClN3/c1-22(15-14-21)17-11-8-16(9-12-17)10-13-20-23(2)18-6-4-5-7-19(18)24(20)3/h4-13,20H,14-15H2,1-3H3. The van der Waals surface area contributed by atoms with Crippen LogP contribution in [0.4, 0.5) is 17.1 Å². The maximum Gasteiger partial charge on any atom is 0.121 e. The number of benzene rings is 2. The summed E-state index contributed by atoms with van der Waals surface area (Å²) in [7, 11) is 6.34. The third kappa shape index (κ3) is 3.22. The summed E-state index contributed by atoms with van der Waals surface area (Å²) in [6, 6.07) is 17.1. The minimum absolute atomic E-state index is 0.237. The zero-order chi connectivity index (χ0) is 17.1. The lowest BCUT2D eigenvalue weighted by molar-refractivity contribution is 0.777. The molecule has 2 aromatic carbocycles. The Morgan fingerprint density at radius 1 is 1.00 bits per heavy atom. The van der Waals surface area contributed by atoms with E-state index in [4.69, 9.17) is 11.6 Å². The summed E-state index contributed by atoms with van der Waals surface area (Å²) in [4.78, 5) is 6.76. The van der Waals surface area contributed by atoms with Gasteiger partial charge in [-0.1, -0.05) is 30.3 Å². The Morgan fingerprint density at radius 3 is 2.12 bits per heavy atom. The van der Waals surface area contributed by atoms with E-state index in [0.29, 0.717) is 5.88 Å². The molecule has 3 rings (SSSR count). The van der Waals surface area contributed by atoms with Gasteiger partial charge in [0.1, 0.15) is 6.17 Å². The molecule has 126 valence electrons. The highest BCUT2D eigenvalue weighted by Crippen LogP contribution is 2.37. The van der Waals surface area contributed by atoms with Crippen molar-refractivity contribution in [1.82, 2.24) is 0 Å². The number of hydrogen-bond donors (Lipinski definition) is 0. The molecule has 0 fully saturated rings. The van der Waals surface area contributed by atoms with Crippen LogP contribution in [0.15, 0.2) is 54.6 Å². The van der Waals surface area contributed by atoms with Crippen molar-refractivity contribution in [2.75, 3.05) is 48.3 Å². The normalized spacial score (nSPS) is 14.5. The molecular weight excluding hydrogens is 318 g/mol. The van der Waals surface area contributed by atoms with Crippen molar-refractivity contribution in [2.24, 2.45) is 0 Å². The Balaban J connectivity index is 1.73. The Labute approximate surface area is 149 Å². The molecule has 0 atom stereocenters. The molecule has 0 saturated heterocycles. The van der Waals surface area contributed by atoms with E-state index in [1.165, 1.54) is 22.6 Å². The second-order valence-corrected chi connectivity index (χ2v) is 6.56. The molecule has 0 saturated carbocycles. The van der Waals surface area contributed by atoms with E-state index in [1.807, 2.05) is 0 Å². The van der Waals surface area contributed by atoms with Crippen LogP contribution in [0.3, 0.4) is 0 Å². The first-order valence-electron chi connectivity index (χ1n) is 8.22. The molecular formula is C20H24ClN3. The van der Waals surface area contributed by atoms with Gasteiger partial charge in [-0.2, -0.15) is 0 Å². The van der Waals surface area contributed by atoms with Crippen LogP contribution in [0, 0.1) is 0 Å². The fourth-order valence-electron chi connectivity index (χ4n) is 3.16. The van der Waals surface area contributed by atoms with Crippen LogP contribution in [-0.2, 0) is 0 Å². The van der Waals surface area contributed by atoms with Gasteiger partial charge >= 0.3 is 0 Å². The molecule has 0 amide bonds. The highest BCUT2D eigenvalue weighted by molar-refractivity contribution is 6.18. The number of halogens is 1. The molecule has 1 aliphatic rings. The van der Waals surface area contributed by atoms with Crippen molar-refractivity contribution in [3.63, 3.8) is 0 Å². The van der Waals surface area contributed by atoms with E-state index in [2.05, 4.69) is 96.5 Å². The van der Waals surface area contributed by atoms with Crippen LogP contribution < -0.4 is 14.7 Å². The first kappa shape index (κ1) is 16.7. The number of fused-ring (bicyclic) bond motifs is 1. The van der Waals surface area contributed by atoms with E-state index in [0.717, 1.165) is 6.54 Å². The lowest BCUT2D eigenvalue weighted by atomic mass is 10.1. The van der Waals surface area contributed by atoms with E-state index in [9.17, 15) is 0 Å². The summed E-state index contributed by atoms with van der Waals surface area (Å²) >= 11 is 5.80. The maximum absolute atomic E-state index is 5.80. The van der Waals surface area contributed by atoms with Gasteiger partial charge in [-0.25, -0.2) is 0 Å². The highest BCUT2D eigenvalue weighted by Gasteiger charge is 2.28. The quantitative estimate of drug-likeness (QED) is 0.751. The van der Waals surface area contributed by atoms with Crippen molar-refractivity contribution in [3.8, 4) is 0 Å². The van der Waals surface area contributed by atoms with Crippen LogP contribution in [0.1, 0.15) is 5.56 Å². The fourth-order valence-corrected chi connectivity index (χ4v) is 3.41. The molecule has 4 heteroatoms. The van der Waals surface area contributed by atoms with Crippen LogP contribution in [0.25, 0.3) is 6.08 Å². The van der Waals surface area contributed by atoms with Gasteiger partial charge in [0.25, 0.3) is 0 Å². The van der Waals surface area contributed by atoms with Crippen molar-refractivity contribution in [3.05, 3.63) is 60.2 Å². The van der Waals surface area contributed by atoms with Crippen LogP contribution >= 0.6 is 11.6 Å². The number of anilines is 3. The van der Waals surface area contributed by atoms with Crippen LogP contribution in [0.2, 0.25) is 0 Å². The first-order valence-corrected chi connectivity index (χ1v) is 8.75. The number of rotatable bonds is 5. The Kier molecular flexibility index (Phi) is 5.00. The minimum Gasteiger partial charge on any atom is -0.373 e. The summed E-state index contributed by atoms with van der Waals surface area (Å²) in [6.45, 7) is 0.854. The third-order valence-corrected chi connectivity index (χ3v) is 4.82. The lowest BCUT2D eigenvalue weighted by Gasteiger charge is -2.24. The minimum atomic E-state index is 0.237. The van der Waals surface area contributed by atoms with Gasteiger partial charge in [-0.15, -0.1) is 11.6 Å². The molecule has 1 heterocycles. The fraction of sp³-hybridized carbons (Fsp3) is 0.300. The van der Waals surface area contributed by atoms with Gasteiger partial charge in [-0.3, -0.25) is 0 Å². The van der Waals surface area contributed by atoms with Crippen molar-refractivity contribution in [2.45, 2.75) is 6.17 Å². The summed E-state index contributed by atoms with van der Waals surface area (Å²) in [5, 5.41) is 0. The Hall–Kier alpha value is -2.13. The molecule has 1 aliphatic heterocycles. The zero-order valence-corrected chi connectivity index (χ0v) is 15.2. The molecule has 0 radical (unpaired) electrons. The summed E-state index contributed by atoms with van der Waals surface area (Å²) < 4.78 is 0. The smallest absolute Gasteiger partial charge is 0.121 e. The van der Waals surface area contributed by atoms with E-state index in [1.54, 1.807) is 0 Å². The van der Waals surface area contributed by atoms with Gasteiger partial charge in [0.15, 0.2) is 0 Å². The first-order chi connectivity index (χ1) is 11.6. The monoisotopic (exact) mass is 341 g/mol. The number of para-hydroxylation sites is 2. The maximum atomic E-state index is 5.80. The van der Waals surface area contributed by atoms with Crippen molar-refractivity contribution < 1.29 is 0 Å². The van der Waals surface area contributed by atoms with Crippen molar-refractivity contribution in [1.29, 1.82) is 0 Å². The molecule has 3 nitrogen and oxygen atoms in total. The van der Waals surface area contributed by atoms with Gasteiger partial charge in [0, 0.05) is 39.3 Å². The molecule has 0 aliphatic carbocycles. The largest absolute Gasteiger partial charge is 0.373 e. The second-order valence-electron chi connectivity index (χ2n) is 6.19. The SMILES string of the molecule is CN(CCCl)c1ccc(C=CC2N(C)c3ccccc3N2C)cc1. The predicted octanol–water partition coefficient (Wildman–Crippen LogP) is 4.29. The molecule has 2 aromatic rings. The predicted molar refractivity (Wildman–Crippen MR) is 107 cm³/mol. The molecule has 0 aromatic heterocycles. The summed E-state index contributed by atoms with van der Waals surface area (Å²) in [6.07, 6.45) is 4.67. The average molecular weight is 342 g/mol. The van der Waals surface area contributed by atoms with Gasteiger partial charge in [0.2, 0.25) is 0 Å². The Bertz CT molecular complexity index is 682. The zero-order valence-electron chi connectivity index (χ0n) is 14.5.